The van der Waals surface area contributed by atoms with Crippen LogP contribution in [0.1, 0.15) is 24.0 Å². The van der Waals surface area contributed by atoms with Crippen molar-refractivity contribution in [2.45, 2.75) is 19.4 Å². The van der Waals surface area contributed by atoms with E-state index in [1.165, 1.54) is 11.1 Å². The second kappa shape index (κ2) is 5.97. The Morgan fingerprint density at radius 1 is 1.05 bits per heavy atom. The smallest absolute Gasteiger partial charge is 0.231 e. The molecule has 2 aromatic rings. The van der Waals surface area contributed by atoms with Crippen LogP contribution < -0.4 is 14.8 Å². The third-order valence-electron chi connectivity index (χ3n) is 3.59. The van der Waals surface area contributed by atoms with Gasteiger partial charge in [-0.3, -0.25) is 0 Å². The van der Waals surface area contributed by atoms with Crippen molar-refractivity contribution >= 4 is 0 Å². The van der Waals surface area contributed by atoms with Gasteiger partial charge in [-0.2, -0.15) is 0 Å². The molecule has 1 aliphatic heterocycles. The summed E-state index contributed by atoms with van der Waals surface area (Å²) in [5, 5.41) is 3.49. The first-order chi connectivity index (χ1) is 9.83. The largest absolute Gasteiger partial charge is 0.454 e. The van der Waals surface area contributed by atoms with E-state index in [1.807, 2.05) is 12.1 Å². The molecule has 1 atom stereocenters. The van der Waals surface area contributed by atoms with E-state index in [2.05, 4.69) is 48.6 Å². The average molecular weight is 269 g/mol. The molecule has 0 amide bonds. The molecule has 2 aromatic carbocycles. The van der Waals surface area contributed by atoms with Crippen molar-refractivity contribution in [2.75, 3.05) is 13.3 Å². The summed E-state index contributed by atoms with van der Waals surface area (Å²) < 4.78 is 10.7. The monoisotopic (exact) mass is 269 g/mol. The van der Waals surface area contributed by atoms with Gasteiger partial charge in [0.05, 0.1) is 0 Å². The molecule has 1 heterocycles. The summed E-state index contributed by atoms with van der Waals surface area (Å²) in [6.45, 7) is 4.37. The minimum Gasteiger partial charge on any atom is -0.454 e. The Labute approximate surface area is 119 Å². The lowest BCUT2D eigenvalue weighted by molar-refractivity contribution is 0.174. The van der Waals surface area contributed by atoms with Gasteiger partial charge in [-0.15, -0.1) is 0 Å². The number of rotatable bonds is 5. The molecule has 0 bridgehead atoms. The lowest BCUT2D eigenvalue weighted by atomic mass is 10.0. The van der Waals surface area contributed by atoms with Crippen molar-refractivity contribution in [1.29, 1.82) is 0 Å². The van der Waals surface area contributed by atoms with E-state index in [0.717, 1.165) is 24.6 Å². The topological polar surface area (TPSA) is 30.5 Å². The quantitative estimate of drug-likeness (QED) is 0.903. The molecule has 3 heteroatoms. The van der Waals surface area contributed by atoms with E-state index < -0.39 is 0 Å². The Balaban J connectivity index is 1.53. The highest BCUT2D eigenvalue weighted by Gasteiger charge is 2.13. The van der Waals surface area contributed by atoms with Gasteiger partial charge in [0, 0.05) is 13.1 Å². The highest BCUT2D eigenvalue weighted by Crippen LogP contribution is 2.32. The van der Waals surface area contributed by atoms with E-state index in [9.17, 15) is 0 Å². The van der Waals surface area contributed by atoms with Gasteiger partial charge in [-0.25, -0.2) is 0 Å². The van der Waals surface area contributed by atoms with E-state index in [0.29, 0.717) is 12.7 Å². The third-order valence-corrected chi connectivity index (χ3v) is 3.59. The van der Waals surface area contributed by atoms with Gasteiger partial charge in [0.1, 0.15) is 0 Å². The third kappa shape index (κ3) is 2.94. The first kappa shape index (κ1) is 13.0. The maximum Gasteiger partial charge on any atom is 0.231 e. The number of hydrogen-bond acceptors (Lipinski definition) is 3. The van der Waals surface area contributed by atoms with Crippen LogP contribution in [0.3, 0.4) is 0 Å². The van der Waals surface area contributed by atoms with Crippen LogP contribution >= 0.6 is 0 Å². The van der Waals surface area contributed by atoms with Crippen molar-refractivity contribution in [3.05, 3.63) is 59.7 Å². The number of benzene rings is 2. The van der Waals surface area contributed by atoms with E-state index >= 15 is 0 Å². The van der Waals surface area contributed by atoms with Gasteiger partial charge in [0.15, 0.2) is 11.5 Å². The van der Waals surface area contributed by atoms with Crippen molar-refractivity contribution < 1.29 is 9.47 Å². The Kier molecular flexibility index (Phi) is 3.88. The van der Waals surface area contributed by atoms with Crippen LogP contribution in [0.4, 0.5) is 0 Å². The standard InChI is InChI=1S/C17H19NO2/c1-13(15-5-3-2-4-6-15)10-18-11-14-7-8-16-17(9-14)20-12-19-16/h2-9,13,18H,10-12H2,1H3/t13-/m0/s1. The van der Waals surface area contributed by atoms with Gasteiger partial charge in [-0.1, -0.05) is 43.3 Å². The predicted molar refractivity (Wildman–Crippen MR) is 79.1 cm³/mol. The second-order valence-corrected chi connectivity index (χ2v) is 5.13. The molecule has 0 unspecified atom stereocenters. The van der Waals surface area contributed by atoms with Crippen LogP contribution in [0.2, 0.25) is 0 Å². The van der Waals surface area contributed by atoms with Gasteiger partial charge in [0.2, 0.25) is 6.79 Å². The molecule has 1 N–H and O–H groups in total. The molecule has 3 rings (SSSR count). The molecule has 3 nitrogen and oxygen atoms in total. The van der Waals surface area contributed by atoms with E-state index in [-0.39, 0.29) is 0 Å². The molecule has 0 saturated heterocycles. The fraction of sp³-hybridized carbons (Fsp3) is 0.294. The summed E-state index contributed by atoms with van der Waals surface area (Å²) >= 11 is 0. The van der Waals surface area contributed by atoms with Crippen molar-refractivity contribution in [1.82, 2.24) is 5.32 Å². The lowest BCUT2D eigenvalue weighted by Gasteiger charge is -2.13. The molecule has 1 aliphatic rings. The molecule has 0 fully saturated rings. The molecule has 0 aromatic heterocycles. The Hall–Kier alpha value is -2.00. The second-order valence-electron chi connectivity index (χ2n) is 5.13. The molecule has 20 heavy (non-hydrogen) atoms. The Morgan fingerprint density at radius 3 is 2.70 bits per heavy atom. The van der Waals surface area contributed by atoms with Crippen LogP contribution in [-0.2, 0) is 6.54 Å². The highest BCUT2D eigenvalue weighted by molar-refractivity contribution is 5.44. The van der Waals surface area contributed by atoms with E-state index in [1.54, 1.807) is 0 Å². The van der Waals surface area contributed by atoms with Gasteiger partial charge < -0.3 is 14.8 Å². The van der Waals surface area contributed by atoms with Gasteiger partial charge in [0.25, 0.3) is 0 Å². The zero-order chi connectivity index (χ0) is 13.8. The maximum atomic E-state index is 5.39. The molecular weight excluding hydrogens is 250 g/mol. The molecule has 0 saturated carbocycles. The fourth-order valence-corrected chi connectivity index (χ4v) is 2.38. The summed E-state index contributed by atoms with van der Waals surface area (Å²) in [7, 11) is 0. The number of ether oxygens (including phenoxy) is 2. The molecule has 0 radical (unpaired) electrons. The van der Waals surface area contributed by atoms with Crippen LogP contribution in [0.15, 0.2) is 48.5 Å². The SMILES string of the molecule is C[C@@H](CNCc1ccc2c(c1)OCO2)c1ccccc1. The summed E-state index contributed by atoms with van der Waals surface area (Å²) in [4.78, 5) is 0. The van der Waals surface area contributed by atoms with Crippen LogP contribution in [0.5, 0.6) is 11.5 Å². The summed E-state index contributed by atoms with van der Waals surface area (Å²) in [5.74, 6) is 2.19. The predicted octanol–water partition coefficient (Wildman–Crippen LogP) is 3.31. The molecule has 104 valence electrons. The first-order valence-electron chi connectivity index (χ1n) is 6.97. The minimum atomic E-state index is 0.331. The average Bonchev–Trinajstić information content (AvgIpc) is 2.95. The molecular formula is C17H19NO2. The Morgan fingerprint density at radius 2 is 1.85 bits per heavy atom. The normalized spacial score (nSPS) is 14.2. The maximum absolute atomic E-state index is 5.39. The zero-order valence-corrected chi connectivity index (χ0v) is 11.6. The van der Waals surface area contributed by atoms with Gasteiger partial charge >= 0.3 is 0 Å². The number of fused-ring (bicyclic) bond motifs is 1. The highest BCUT2D eigenvalue weighted by atomic mass is 16.7. The zero-order valence-electron chi connectivity index (χ0n) is 11.6. The summed E-state index contributed by atoms with van der Waals surface area (Å²) in [6, 6.07) is 16.7. The van der Waals surface area contributed by atoms with E-state index in [4.69, 9.17) is 9.47 Å². The molecule has 0 aliphatic carbocycles. The first-order valence-corrected chi connectivity index (χ1v) is 6.97. The fourth-order valence-electron chi connectivity index (χ4n) is 2.38. The van der Waals surface area contributed by atoms with Crippen LogP contribution in [0, 0.1) is 0 Å². The Bertz CT molecular complexity index is 568. The van der Waals surface area contributed by atoms with Crippen molar-refractivity contribution in [3.8, 4) is 11.5 Å². The van der Waals surface area contributed by atoms with Crippen molar-refractivity contribution in [3.63, 3.8) is 0 Å². The molecule has 0 spiro atoms. The lowest BCUT2D eigenvalue weighted by Crippen LogP contribution is -2.19. The number of nitrogens with one attached hydrogen (secondary N) is 1. The minimum absolute atomic E-state index is 0.331. The summed E-state index contributed by atoms with van der Waals surface area (Å²) in [6.07, 6.45) is 0. The number of hydrogen-bond donors (Lipinski definition) is 1. The van der Waals surface area contributed by atoms with Crippen LogP contribution in [-0.4, -0.2) is 13.3 Å². The van der Waals surface area contributed by atoms with Crippen LogP contribution in [0.25, 0.3) is 0 Å². The van der Waals surface area contributed by atoms with Crippen molar-refractivity contribution in [2.24, 2.45) is 0 Å². The van der Waals surface area contributed by atoms with Gasteiger partial charge in [-0.05, 0) is 29.2 Å². The summed E-state index contributed by atoms with van der Waals surface area (Å²) in [5.41, 5.74) is 2.58.